The fourth-order valence-corrected chi connectivity index (χ4v) is 4.95. The van der Waals surface area contributed by atoms with Crippen molar-refractivity contribution in [2.75, 3.05) is 33.7 Å². The molecule has 6 nitrogen and oxygen atoms in total. The molecular weight excluding hydrogens is 398 g/mol. The molecule has 0 aliphatic rings. The van der Waals surface area contributed by atoms with E-state index >= 15 is 0 Å². The second-order valence-electron chi connectivity index (χ2n) is 7.55. The van der Waals surface area contributed by atoms with Crippen LogP contribution in [-0.4, -0.2) is 52.4 Å². The number of likely N-dealkylation sites (N-methyl/N-ethyl adjacent to an activating group) is 1. The molecule has 2 aromatic carbocycles. The summed E-state index contributed by atoms with van der Waals surface area (Å²) in [5, 5.41) is 2.98. The van der Waals surface area contributed by atoms with Crippen LogP contribution in [0.3, 0.4) is 0 Å². The second kappa shape index (κ2) is 10.7. The van der Waals surface area contributed by atoms with Gasteiger partial charge in [0, 0.05) is 24.2 Å². The van der Waals surface area contributed by atoms with Crippen LogP contribution in [0.5, 0.6) is 0 Å². The summed E-state index contributed by atoms with van der Waals surface area (Å²) >= 11 is 0. The molecule has 0 aliphatic carbocycles. The first kappa shape index (κ1) is 24.1. The highest BCUT2D eigenvalue weighted by Crippen LogP contribution is 2.17. The van der Waals surface area contributed by atoms with Crippen molar-refractivity contribution in [2.45, 2.75) is 38.1 Å². The number of hydrogen-bond donors (Lipinski definition) is 2. The van der Waals surface area contributed by atoms with Gasteiger partial charge in [-0.25, -0.2) is 8.42 Å². The van der Waals surface area contributed by atoms with Crippen molar-refractivity contribution in [2.24, 2.45) is 0 Å². The molecule has 30 heavy (non-hydrogen) atoms. The van der Waals surface area contributed by atoms with Crippen LogP contribution in [0.25, 0.3) is 0 Å². The minimum atomic E-state index is -3.60. The summed E-state index contributed by atoms with van der Waals surface area (Å²) in [6.45, 7) is 6.96. The first-order chi connectivity index (χ1) is 14.2. The lowest BCUT2D eigenvalue weighted by molar-refractivity contribution is -0.890. The topological polar surface area (TPSA) is 70.9 Å². The normalized spacial score (nSPS) is 12.9. The zero-order chi connectivity index (χ0) is 22.3. The Morgan fingerprint density at radius 1 is 1.03 bits per heavy atom. The Hall–Kier alpha value is -2.22. The van der Waals surface area contributed by atoms with Crippen LogP contribution in [0.15, 0.2) is 53.4 Å². The van der Waals surface area contributed by atoms with Crippen LogP contribution >= 0.6 is 0 Å². The SMILES string of the molecule is CCc1ccc([C@@H](CNC(=O)c2cccc(S(=O)(=O)N(CC)CC)c2)[NH+](C)C)cc1. The average Bonchev–Trinajstić information content (AvgIpc) is 2.74. The Bertz CT molecular complexity index is 936. The lowest BCUT2D eigenvalue weighted by Gasteiger charge is -2.22. The van der Waals surface area contributed by atoms with Crippen molar-refractivity contribution in [1.82, 2.24) is 9.62 Å². The third-order valence-electron chi connectivity index (χ3n) is 5.39. The average molecular weight is 433 g/mol. The fraction of sp³-hybridized carbons (Fsp3) is 0.435. The third-order valence-corrected chi connectivity index (χ3v) is 7.44. The van der Waals surface area contributed by atoms with E-state index in [0.717, 1.165) is 12.0 Å². The monoisotopic (exact) mass is 432 g/mol. The molecule has 0 radical (unpaired) electrons. The maximum atomic E-state index is 12.8. The van der Waals surface area contributed by atoms with E-state index in [1.807, 2.05) is 0 Å². The molecule has 0 aromatic heterocycles. The molecule has 0 aliphatic heterocycles. The standard InChI is InChI=1S/C23H33N3O3S/c1-6-18-12-14-19(15-13-18)22(25(4)5)17-24-23(27)20-10-9-11-21(16-20)30(28,29)26(7-2)8-3/h9-16,22H,6-8,17H2,1-5H3,(H,24,27)/p+1/t22-/m1/s1. The van der Waals surface area contributed by atoms with Gasteiger partial charge in [0.2, 0.25) is 10.0 Å². The maximum Gasteiger partial charge on any atom is 0.251 e. The molecule has 0 unspecified atom stereocenters. The molecule has 2 aromatic rings. The minimum Gasteiger partial charge on any atom is -0.346 e. The molecule has 164 valence electrons. The summed E-state index contributed by atoms with van der Waals surface area (Å²) in [5.74, 6) is -0.275. The van der Waals surface area contributed by atoms with Crippen LogP contribution < -0.4 is 10.2 Å². The highest BCUT2D eigenvalue weighted by atomic mass is 32.2. The van der Waals surface area contributed by atoms with Gasteiger partial charge in [0.05, 0.1) is 25.5 Å². The molecular formula is C23H34N3O3S+. The number of rotatable bonds is 10. The van der Waals surface area contributed by atoms with Gasteiger partial charge in [-0.15, -0.1) is 0 Å². The molecule has 2 N–H and O–H groups in total. The molecule has 2 rings (SSSR count). The molecule has 0 fully saturated rings. The number of hydrogen-bond acceptors (Lipinski definition) is 3. The first-order valence-corrected chi connectivity index (χ1v) is 12.0. The van der Waals surface area contributed by atoms with E-state index in [0.29, 0.717) is 25.2 Å². The van der Waals surface area contributed by atoms with Crippen molar-refractivity contribution < 1.29 is 18.1 Å². The number of carbonyl (C=O) groups excluding carboxylic acids is 1. The van der Waals surface area contributed by atoms with E-state index in [-0.39, 0.29) is 16.8 Å². The smallest absolute Gasteiger partial charge is 0.251 e. The van der Waals surface area contributed by atoms with Crippen molar-refractivity contribution in [3.05, 3.63) is 65.2 Å². The summed E-state index contributed by atoms with van der Waals surface area (Å²) < 4.78 is 26.9. The lowest BCUT2D eigenvalue weighted by Crippen LogP contribution is -3.07. The van der Waals surface area contributed by atoms with Crippen LogP contribution in [0.2, 0.25) is 0 Å². The Kier molecular flexibility index (Phi) is 8.58. The second-order valence-corrected chi connectivity index (χ2v) is 9.49. The Labute approximate surface area is 180 Å². The number of aryl methyl sites for hydroxylation is 1. The molecule has 0 heterocycles. The number of carbonyl (C=O) groups is 1. The summed E-state index contributed by atoms with van der Waals surface area (Å²) in [6, 6.07) is 14.8. The van der Waals surface area contributed by atoms with Gasteiger partial charge in [-0.3, -0.25) is 4.79 Å². The third kappa shape index (κ3) is 5.68. The van der Waals surface area contributed by atoms with Crippen LogP contribution in [-0.2, 0) is 16.4 Å². The van der Waals surface area contributed by atoms with Crippen molar-refractivity contribution >= 4 is 15.9 Å². The molecule has 0 bridgehead atoms. The zero-order valence-electron chi connectivity index (χ0n) is 18.6. The Morgan fingerprint density at radius 3 is 2.20 bits per heavy atom. The first-order valence-electron chi connectivity index (χ1n) is 10.5. The van der Waals surface area contributed by atoms with E-state index in [1.54, 1.807) is 26.0 Å². The number of amides is 1. The minimum absolute atomic E-state index is 0.0995. The number of quaternary nitrogens is 1. The van der Waals surface area contributed by atoms with E-state index < -0.39 is 10.0 Å². The van der Waals surface area contributed by atoms with Gasteiger partial charge in [-0.1, -0.05) is 51.1 Å². The summed E-state index contributed by atoms with van der Waals surface area (Å²) in [5.41, 5.74) is 2.78. The predicted octanol–water partition coefficient (Wildman–Crippen LogP) is 1.90. The highest BCUT2D eigenvalue weighted by Gasteiger charge is 2.23. The molecule has 0 saturated carbocycles. The van der Waals surface area contributed by atoms with E-state index in [4.69, 9.17) is 0 Å². The van der Waals surface area contributed by atoms with Gasteiger partial charge >= 0.3 is 0 Å². The van der Waals surface area contributed by atoms with Crippen molar-refractivity contribution in [1.29, 1.82) is 0 Å². The molecule has 1 atom stereocenters. The summed E-state index contributed by atoms with van der Waals surface area (Å²) in [6.07, 6.45) is 0.989. The van der Waals surface area contributed by atoms with Gasteiger partial charge in [-0.2, -0.15) is 4.31 Å². The van der Waals surface area contributed by atoms with Gasteiger partial charge < -0.3 is 10.2 Å². The number of nitrogens with one attached hydrogen (secondary N) is 2. The molecule has 0 saturated heterocycles. The van der Waals surface area contributed by atoms with Crippen LogP contribution in [0, 0.1) is 0 Å². The Morgan fingerprint density at radius 2 is 1.67 bits per heavy atom. The quantitative estimate of drug-likeness (QED) is 0.602. The number of sulfonamides is 1. The van der Waals surface area contributed by atoms with Crippen molar-refractivity contribution in [3.8, 4) is 0 Å². The lowest BCUT2D eigenvalue weighted by atomic mass is 10.0. The zero-order valence-corrected chi connectivity index (χ0v) is 19.4. The molecule has 7 heteroatoms. The van der Waals surface area contributed by atoms with Gasteiger partial charge in [-0.05, 0) is 30.2 Å². The molecule has 0 spiro atoms. The van der Waals surface area contributed by atoms with Gasteiger partial charge in [0.15, 0.2) is 0 Å². The van der Waals surface area contributed by atoms with Crippen molar-refractivity contribution in [3.63, 3.8) is 0 Å². The van der Waals surface area contributed by atoms with Crippen LogP contribution in [0.4, 0.5) is 0 Å². The summed E-state index contributed by atoms with van der Waals surface area (Å²) in [7, 11) is 0.512. The van der Waals surface area contributed by atoms with Gasteiger partial charge in [0.1, 0.15) is 6.04 Å². The largest absolute Gasteiger partial charge is 0.346 e. The van der Waals surface area contributed by atoms with Gasteiger partial charge in [0.25, 0.3) is 5.91 Å². The summed E-state index contributed by atoms with van der Waals surface area (Å²) in [4.78, 5) is 14.1. The fourth-order valence-electron chi connectivity index (χ4n) is 3.45. The molecule has 1 amide bonds. The highest BCUT2D eigenvalue weighted by molar-refractivity contribution is 7.89. The predicted molar refractivity (Wildman–Crippen MR) is 120 cm³/mol. The Balaban J connectivity index is 2.16. The van der Waals surface area contributed by atoms with E-state index in [9.17, 15) is 13.2 Å². The van der Waals surface area contributed by atoms with E-state index in [2.05, 4.69) is 50.6 Å². The number of nitrogens with zero attached hydrogens (tertiary/aromatic N) is 1. The maximum absolute atomic E-state index is 12.8. The van der Waals surface area contributed by atoms with Crippen LogP contribution in [0.1, 0.15) is 48.3 Å². The van der Waals surface area contributed by atoms with E-state index in [1.165, 1.54) is 26.9 Å². The number of benzene rings is 2.